The van der Waals surface area contributed by atoms with E-state index in [1.165, 1.54) is 5.56 Å². The van der Waals surface area contributed by atoms with Crippen LogP contribution in [0.2, 0.25) is 0 Å². The number of carbonyl (C=O) groups is 1. The van der Waals surface area contributed by atoms with Gasteiger partial charge in [-0.15, -0.1) is 0 Å². The standard InChI is InChI=1S/C46H57N3O5S/c1-4-7-25-52-28-29-54-41-15-10-36(11-16-41)37-12-19-45-39(30-37)31-38(9-8-24-49(45)32-34-21-26-53-27-22-34)46(50)48-40-13-17-42(18-14-40)55(51)33-43-35(5-2)20-23-47-44(43)6-3/h10-20,23,30-31,34H,4-9,21-22,24-29,32-33H2,1-3H3,(H,48,50)/b38-31+/t55-/m1/s1. The lowest BCUT2D eigenvalue weighted by atomic mass is 9.94. The summed E-state index contributed by atoms with van der Waals surface area (Å²) in [5, 5.41) is 3.14. The molecule has 2 aliphatic rings. The molecular weight excluding hydrogens is 707 g/mol. The van der Waals surface area contributed by atoms with E-state index in [0.29, 0.717) is 37.0 Å². The van der Waals surface area contributed by atoms with Crippen molar-refractivity contribution in [3.05, 3.63) is 107 Å². The molecule has 0 bridgehead atoms. The number of benzene rings is 3. The van der Waals surface area contributed by atoms with Gasteiger partial charge in [-0.25, -0.2) is 0 Å². The van der Waals surface area contributed by atoms with Crippen molar-refractivity contribution in [3.8, 4) is 16.9 Å². The highest BCUT2D eigenvalue weighted by Crippen LogP contribution is 2.34. The average Bonchev–Trinajstić information content (AvgIpc) is 3.21. The lowest BCUT2D eigenvalue weighted by molar-refractivity contribution is -0.112. The Morgan fingerprint density at radius 1 is 0.945 bits per heavy atom. The maximum Gasteiger partial charge on any atom is 0.251 e. The van der Waals surface area contributed by atoms with Crippen LogP contribution < -0.4 is 15.0 Å². The van der Waals surface area contributed by atoms with Crippen LogP contribution in [-0.2, 0) is 44.0 Å². The van der Waals surface area contributed by atoms with E-state index in [1.807, 2.05) is 48.7 Å². The third kappa shape index (κ3) is 11.2. The average molecular weight is 764 g/mol. The summed E-state index contributed by atoms with van der Waals surface area (Å²) in [6.45, 7) is 11.7. The second-order valence-corrected chi connectivity index (χ2v) is 15.9. The number of nitrogens with one attached hydrogen (secondary N) is 1. The highest BCUT2D eigenvalue weighted by atomic mass is 32.2. The van der Waals surface area contributed by atoms with Crippen LogP contribution in [-0.4, -0.2) is 61.6 Å². The molecule has 9 heteroatoms. The first kappa shape index (κ1) is 40.5. The van der Waals surface area contributed by atoms with Gasteiger partial charge in [-0.3, -0.25) is 9.78 Å². The summed E-state index contributed by atoms with van der Waals surface area (Å²) in [6, 6.07) is 24.3. The van der Waals surface area contributed by atoms with Gasteiger partial charge >= 0.3 is 0 Å². The molecule has 3 heterocycles. The molecule has 1 saturated heterocycles. The summed E-state index contributed by atoms with van der Waals surface area (Å²) in [6.07, 6.45) is 11.5. The molecule has 0 saturated carbocycles. The van der Waals surface area contributed by atoms with Gasteiger partial charge in [-0.1, -0.05) is 45.4 Å². The second kappa shape index (κ2) is 20.7. The van der Waals surface area contributed by atoms with E-state index >= 15 is 0 Å². The number of hydrogen-bond donors (Lipinski definition) is 1. The minimum atomic E-state index is -1.23. The summed E-state index contributed by atoms with van der Waals surface area (Å²) >= 11 is -1.23. The number of aromatic nitrogens is 1. The number of unbranched alkanes of at least 4 members (excludes halogenated alkanes) is 1. The smallest absolute Gasteiger partial charge is 0.251 e. The van der Waals surface area contributed by atoms with Gasteiger partial charge in [-0.2, -0.15) is 0 Å². The minimum absolute atomic E-state index is 0.112. The van der Waals surface area contributed by atoms with Gasteiger partial charge in [0.1, 0.15) is 18.1 Å². The Morgan fingerprint density at radius 2 is 1.73 bits per heavy atom. The monoisotopic (exact) mass is 763 g/mol. The maximum absolute atomic E-state index is 13.9. The highest BCUT2D eigenvalue weighted by Gasteiger charge is 2.23. The minimum Gasteiger partial charge on any atom is -0.611 e. The van der Waals surface area contributed by atoms with Crippen LogP contribution in [0, 0.1) is 5.92 Å². The predicted octanol–water partition coefficient (Wildman–Crippen LogP) is 9.43. The number of fused-ring (bicyclic) bond motifs is 1. The van der Waals surface area contributed by atoms with Gasteiger partial charge in [0.15, 0.2) is 4.90 Å². The van der Waals surface area contributed by atoms with Crippen molar-refractivity contribution >= 4 is 34.5 Å². The topological polar surface area (TPSA) is 96.0 Å². The van der Waals surface area contributed by atoms with E-state index < -0.39 is 11.2 Å². The largest absolute Gasteiger partial charge is 0.611 e. The van der Waals surface area contributed by atoms with Gasteiger partial charge < -0.3 is 29.0 Å². The van der Waals surface area contributed by atoms with Crippen molar-refractivity contribution in [2.75, 3.05) is 56.3 Å². The first-order valence-electron chi connectivity index (χ1n) is 20.2. The number of hydrogen-bond acceptors (Lipinski definition) is 7. The van der Waals surface area contributed by atoms with Gasteiger partial charge in [-0.05, 0) is 145 Å². The first-order chi connectivity index (χ1) is 26.9. The summed E-state index contributed by atoms with van der Waals surface area (Å²) in [7, 11) is 0. The number of carbonyl (C=O) groups excluding carboxylic acids is 1. The molecule has 3 aromatic carbocycles. The van der Waals surface area contributed by atoms with Crippen molar-refractivity contribution in [1.29, 1.82) is 0 Å². The maximum atomic E-state index is 13.9. The number of pyridine rings is 1. The van der Waals surface area contributed by atoms with Gasteiger partial charge in [0, 0.05) is 67.3 Å². The normalized spacial score (nSPS) is 16.4. The molecular formula is C46H57N3O5S. The number of nitrogens with zero attached hydrogens (tertiary/aromatic N) is 2. The lowest BCUT2D eigenvalue weighted by Crippen LogP contribution is -2.34. The molecule has 0 radical (unpaired) electrons. The fourth-order valence-electron chi connectivity index (χ4n) is 7.41. The van der Waals surface area contributed by atoms with Crippen molar-refractivity contribution in [2.24, 2.45) is 5.92 Å². The summed E-state index contributed by atoms with van der Waals surface area (Å²) in [5.74, 6) is 1.72. The van der Waals surface area contributed by atoms with Gasteiger partial charge in [0.25, 0.3) is 5.91 Å². The van der Waals surface area contributed by atoms with Crippen LogP contribution in [0.4, 0.5) is 11.4 Å². The molecule has 1 fully saturated rings. The molecule has 8 nitrogen and oxygen atoms in total. The molecule has 2 aliphatic heterocycles. The van der Waals surface area contributed by atoms with Crippen LogP contribution in [0.5, 0.6) is 5.75 Å². The Morgan fingerprint density at radius 3 is 2.47 bits per heavy atom. The van der Waals surface area contributed by atoms with Crippen molar-refractivity contribution < 1.29 is 23.6 Å². The van der Waals surface area contributed by atoms with Crippen LogP contribution in [0.25, 0.3) is 17.2 Å². The van der Waals surface area contributed by atoms with E-state index in [9.17, 15) is 9.35 Å². The molecule has 0 spiro atoms. The quantitative estimate of drug-likeness (QED) is 0.0846. The van der Waals surface area contributed by atoms with E-state index in [4.69, 9.17) is 14.2 Å². The van der Waals surface area contributed by atoms with Crippen molar-refractivity contribution in [3.63, 3.8) is 0 Å². The molecule has 0 aliphatic carbocycles. The van der Waals surface area contributed by atoms with E-state index in [0.717, 1.165) is 128 Å². The van der Waals surface area contributed by atoms with Crippen LogP contribution in [0.3, 0.4) is 0 Å². The fraction of sp³-hybridized carbons (Fsp3) is 0.435. The van der Waals surface area contributed by atoms with E-state index in [-0.39, 0.29) is 5.91 Å². The third-order valence-corrected chi connectivity index (χ3v) is 12.0. The molecule has 55 heavy (non-hydrogen) atoms. The van der Waals surface area contributed by atoms with Crippen LogP contribution >= 0.6 is 0 Å². The predicted molar refractivity (Wildman–Crippen MR) is 224 cm³/mol. The van der Waals surface area contributed by atoms with E-state index in [1.54, 1.807) is 0 Å². The first-order valence-corrected chi connectivity index (χ1v) is 21.5. The van der Waals surface area contributed by atoms with Crippen molar-refractivity contribution in [2.45, 2.75) is 82.8 Å². The van der Waals surface area contributed by atoms with Crippen LogP contribution in [0.15, 0.2) is 89.5 Å². The summed E-state index contributed by atoms with van der Waals surface area (Å²) in [4.78, 5) is 21.7. The SMILES string of the molecule is CCCCOCCOc1ccc(-c2ccc3c(c2)/C=C(/C(=O)Nc2ccc([S@+]([O-])Cc4c(CC)ccnc4CC)cc2)CCCN3CC2CCOCC2)cc1. The van der Waals surface area contributed by atoms with Gasteiger partial charge in [0.05, 0.1) is 6.61 Å². The Hall–Kier alpha value is -4.15. The molecule has 1 amide bonds. The van der Waals surface area contributed by atoms with Crippen LogP contribution in [0.1, 0.15) is 81.7 Å². The third-order valence-electron chi connectivity index (χ3n) is 10.6. The summed E-state index contributed by atoms with van der Waals surface area (Å²) < 4.78 is 30.7. The molecule has 6 rings (SSSR count). The summed E-state index contributed by atoms with van der Waals surface area (Å²) in [5.41, 5.74) is 9.08. The second-order valence-electron chi connectivity index (χ2n) is 14.5. The number of rotatable bonds is 17. The number of amides is 1. The molecule has 0 unspecified atom stereocenters. The number of aryl methyl sites for hydroxylation is 2. The Balaban J connectivity index is 1.18. The fourth-order valence-corrected chi connectivity index (χ4v) is 8.63. The zero-order valence-electron chi connectivity index (χ0n) is 32.8. The zero-order valence-corrected chi connectivity index (χ0v) is 33.6. The highest BCUT2D eigenvalue weighted by molar-refractivity contribution is 7.90. The van der Waals surface area contributed by atoms with E-state index in [2.05, 4.69) is 72.4 Å². The molecule has 292 valence electrons. The molecule has 1 atom stereocenters. The lowest BCUT2D eigenvalue weighted by Gasteiger charge is -2.33. The number of anilines is 2. The Labute approximate surface area is 330 Å². The zero-order chi connectivity index (χ0) is 38.4. The molecule has 1 aromatic heterocycles. The Kier molecular flexibility index (Phi) is 15.2. The van der Waals surface area contributed by atoms with Crippen molar-refractivity contribution in [1.82, 2.24) is 4.98 Å². The molecule has 1 N–H and O–H groups in total. The Bertz CT molecular complexity index is 1830. The number of ether oxygens (including phenoxy) is 3. The molecule has 4 aromatic rings. The van der Waals surface area contributed by atoms with Gasteiger partial charge in [0.2, 0.25) is 0 Å².